The second-order valence-corrected chi connectivity index (χ2v) is 3.16. The van der Waals surface area contributed by atoms with E-state index in [1.165, 1.54) is 6.07 Å². The summed E-state index contributed by atoms with van der Waals surface area (Å²) in [5.41, 5.74) is 0.493. The average molecular weight is 216 g/mol. The van der Waals surface area contributed by atoms with Gasteiger partial charge in [0.05, 0.1) is 12.2 Å². The topological polar surface area (TPSA) is 64.5 Å². The van der Waals surface area contributed by atoms with Gasteiger partial charge in [0.2, 0.25) is 0 Å². The number of H-pyrrole nitrogens is 1. The maximum Gasteiger partial charge on any atom is 0.143 e. The number of halogens is 1. The van der Waals surface area contributed by atoms with Crippen molar-refractivity contribution in [2.75, 3.05) is 5.32 Å². The molecule has 0 bridgehead atoms. The Morgan fingerprint density at radius 3 is 3.06 bits per heavy atom. The van der Waals surface area contributed by atoms with Crippen molar-refractivity contribution in [3.63, 3.8) is 0 Å². The molecule has 0 spiro atoms. The van der Waals surface area contributed by atoms with Gasteiger partial charge in [-0.25, -0.2) is 9.37 Å². The first-order valence-electron chi connectivity index (χ1n) is 4.72. The van der Waals surface area contributed by atoms with Gasteiger partial charge in [-0.3, -0.25) is 0 Å². The summed E-state index contributed by atoms with van der Waals surface area (Å²) in [7, 11) is 0. The second-order valence-electron chi connectivity index (χ2n) is 3.16. The molecule has 0 aliphatic heterocycles. The number of nitrogens with zero attached hydrogens (tertiary/aromatic N) is 2. The summed E-state index contributed by atoms with van der Waals surface area (Å²) in [4.78, 5) is 6.92. The number of nitrogens with one attached hydrogen (secondary N) is 2. The predicted molar refractivity (Wildman–Crippen MR) is 57.0 cm³/mol. The first-order chi connectivity index (χ1) is 7.81. The summed E-state index contributed by atoms with van der Waals surface area (Å²) in [6, 6.07) is 6.30. The fourth-order valence-corrected chi connectivity index (χ4v) is 1.36. The van der Waals surface area contributed by atoms with Gasteiger partial charge < -0.3 is 10.3 Å². The van der Waals surface area contributed by atoms with E-state index in [4.69, 9.17) is 5.26 Å². The minimum atomic E-state index is -0.521. The molecule has 2 aromatic rings. The summed E-state index contributed by atoms with van der Waals surface area (Å²) < 4.78 is 13.2. The first-order valence-corrected chi connectivity index (χ1v) is 4.72. The van der Waals surface area contributed by atoms with Gasteiger partial charge in [0.25, 0.3) is 0 Å². The van der Waals surface area contributed by atoms with Crippen molar-refractivity contribution >= 4 is 5.69 Å². The molecule has 80 valence electrons. The number of imidazole rings is 1. The molecular weight excluding hydrogens is 207 g/mol. The Hall–Kier alpha value is -2.35. The summed E-state index contributed by atoms with van der Waals surface area (Å²) in [5, 5.41) is 11.8. The van der Waals surface area contributed by atoms with Crippen LogP contribution in [0.5, 0.6) is 0 Å². The van der Waals surface area contributed by atoms with Crippen LogP contribution in [-0.2, 0) is 6.54 Å². The van der Waals surface area contributed by atoms with E-state index < -0.39 is 5.82 Å². The van der Waals surface area contributed by atoms with Crippen LogP contribution in [-0.4, -0.2) is 9.97 Å². The Morgan fingerprint density at radius 2 is 2.38 bits per heavy atom. The molecule has 0 aliphatic rings. The van der Waals surface area contributed by atoms with E-state index in [1.54, 1.807) is 24.5 Å². The Kier molecular flexibility index (Phi) is 2.83. The van der Waals surface area contributed by atoms with Crippen LogP contribution in [0.25, 0.3) is 0 Å². The molecule has 0 fully saturated rings. The third kappa shape index (κ3) is 2.01. The van der Waals surface area contributed by atoms with Crippen LogP contribution < -0.4 is 5.32 Å². The molecule has 2 rings (SSSR count). The zero-order chi connectivity index (χ0) is 11.4. The van der Waals surface area contributed by atoms with Crippen LogP contribution in [0.3, 0.4) is 0 Å². The highest BCUT2D eigenvalue weighted by Crippen LogP contribution is 2.17. The number of hydrogen-bond donors (Lipinski definition) is 2. The minimum Gasteiger partial charge on any atom is -0.377 e. The van der Waals surface area contributed by atoms with Gasteiger partial charge in [0.1, 0.15) is 23.3 Å². The maximum atomic E-state index is 13.2. The first kappa shape index (κ1) is 10.2. The highest BCUT2D eigenvalue weighted by molar-refractivity contribution is 5.57. The van der Waals surface area contributed by atoms with Gasteiger partial charge in [-0.1, -0.05) is 6.07 Å². The molecule has 5 heteroatoms. The molecule has 4 nitrogen and oxygen atoms in total. The number of nitriles is 1. The van der Waals surface area contributed by atoms with E-state index in [0.29, 0.717) is 12.2 Å². The van der Waals surface area contributed by atoms with E-state index in [9.17, 15) is 4.39 Å². The van der Waals surface area contributed by atoms with E-state index >= 15 is 0 Å². The van der Waals surface area contributed by atoms with Crippen molar-refractivity contribution in [2.24, 2.45) is 0 Å². The second kappa shape index (κ2) is 4.45. The summed E-state index contributed by atoms with van der Waals surface area (Å²) >= 11 is 0. The highest BCUT2D eigenvalue weighted by atomic mass is 19.1. The number of benzene rings is 1. The van der Waals surface area contributed by atoms with Crippen LogP contribution in [0.15, 0.2) is 30.6 Å². The van der Waals surface area contributed by atoms with Gasteiger partial charge in [0, 0.05) is 12.4 Å². The number of rotatable bonds is 3. The quantitative estimate of drug-likeness (QED) is 0.825. The van der Waals surface area contributed by atoms with E-state index in [0.717, 1.165) is 5.82 Å². The third-order valence-electron chi connectivity index (χ3n) is 2.13. The smallest absolute Gasteiger partial charge is 0.143 e. The number of aromatic amines is 1. The Labute approximate surface area is 91.8 Å². The third-order valence-corrected chi connectivity index (χ3v) is 2.13. The number of aromatic nitrogens is 2. The minimum absolute atomic E-state index is 0.0223. The molecule has 2 N–H and O–H groups in total. The van der Waals surface area contributed by atoms with E-state index in [-0.39, 0.29) is 5.56 Å². The normalized spacial score (nSPS) is 9.75. The van der Waals surface area contributed by atoms with Gasteiger partial charge >= 0.3 is 0 Å². The van der Waals surface area contributed by atoms with Crippen molar-refractivity contribution in [3.8, 4) is 6.07 Å². The van der Waals surface area contributed by atoms with Crippen LogP contribution >= 0.6 is 0 Å². The van der Waals surface area contributed by atoms with Crippen molar-refractivity contribution in [2.45, 2.75) is 6.54 Å². The van der Waals surface area contributed by atoms with Crippen molar-refractivity contribution < 1.29 is 4.39 Å². The number of hydrogen-bond acceptors (Lipinski definition) is 3. The molecule has 1 aromatic heterocycles. The Bertz CT molecular complexity index is 513. The van der Waals surface area contributed by atoms with Crippen molar-refractivity contribution in [3.05, 3.63) is 47.8 Å². The van der Waals surface area contributed by atoms with Gasteiger partial charge in [-0.15, -0.1) is 0 Å². The lowest BCUT2D eigenvalue weighted by Gasteiger charge is -2.06. The largest absolute Gasteiger partial charge is 0.377 e. The fraction of sp³-hybridized carbons (Fsp3) is 0.0909. The van der Waals surface area contributed by atoms with Gasteiger partial charge in [-0.05, 0) is 12.1 Å². The van der Waals surface area contributed by atoms with Crippen molar-refractivity contribution in [1.82, 2.24) is 9.97 Å². The van der Waals surface area contributed by atoms with E-state index in [2.05, 4.69) is 15.3 Å². The molecule has 0 radical (unpaired) electrons. The molecule has 0 atom stereocenters. The molecular formula is C11H9FN4. The monoisotopic (exact) mass is 216 g/mol. The zero-order valence-corrected chi connectivity index (χ0v) is 8.37. The lowest BCUT2D eigenvalue weighted by Crippen LogP contribution is -2.03. The zero-order valence-electron chi connectivity index (χ0n) is 8.37. The SMILES string of the molecule is N#Cc1c(F)cccc1NCc1ncc[nH]1. The molecule has 16 heavy (non-hydrogen) atoms. The Balaban J connectivity index is 2.16. The maximum absolute atomic E-state index is 13.2. The molecule has 0 unspecified atom stereocenters. The van der Waals surface area contributed by atoms with Crippen LogP contribution in [0.2, 0.25) is 0 Å². The van der Waals surface area contributed by atoms with E-state index in [1.807, 2.05) is 6.07 Å². The summed E-state index contributed by atoms with van der Waals surface area (Å²) in [6.45, 7) is 0.422. The average Bonchev–Trinajstić information content (AvgIpc) is 2.79. The van der Waals surface area contributed by atoms with Gasteiger partial charge in [-0.2, -0.15) is 5.26 Å². The standard InChI is InChI=1S/C11H9FN4/c12-9-2-1-3-10(8(9)6-13)16-7-11-14-4-5-15-11/h1-5,16H,7H2,(H,14,15). The highest BCUT2D eigenvalue weighted by Gasteiger charge is 2.07. The molecule has 0 amide bonds. The fourth-order valence-electron chi connectivity index (χ4n) is 1.36. The van der Waals surface area contributed by atoms with Crippen molar-refractivity contribution in [1.29, 1.82) is 5.26 Å². The lowest BCUT2D eigenvalue weighted by molar-refractivity contribution is 0.624. The van der Waals surface area contributed by atoms with Crippen LogP contribution in [0.1, 0.15) is 11.4 Å². The van der Waals surface area contributed by atoms with Gasteiger partial charge in [0.15, 0.2) is 0 Å². The molecule has 0 aliphatic carbocycles. The molecule has 0 saturated carbocycles. The van der Waals surface area contributed by atoms with Crippen LogP contribution in [0, 0.1) is 17.1 Å². The molecule has 1 heterocycles. The summed E-state index contributed by atoms with van der Waals surface area (Å²) in [5.74, 6) is 0.208. The Morgan fingerprint density at radius 1 is 1.50 bits per heavy atom. The van der Waals surface area contributed by atoms with Crippen LogP contribution in [0.4, 0.5) is 10.1 Å². The molecule has 1 aromatic carbocycles. The lowest BCUT2D eigenvalue weighted by atomic mass is 10.2. The number of anilines is 1. The summed E-state index contributed by atoms with van der Waals surface area (Å²) in [6.07, 6.45) is 3.33. The molecule has 0 saturated heterocycles. The predicted octanol–water partition coefficient (Wildman–Crippen LogP) is 2.03.